The van der Waals surface area contributed by atoms with E-state index in [2.05, 4.69) is 57.8 Å². The number of hydrogen-bond acceptors (Lipinski definition) is 6. The fourth-order valence-corrected chi connectivity index (χ4v) is 6.71. The quantitative estimate of drug-likeness (QED) is 0.440. The van der Waals surface area contributed by atoms with Gasteiger partial charge in [0.1, 0.15) is 6.61 Å². The molecule has 6 rings (SSSR count). The molecule has 0 spiro atoms. The summed E-state index contributed by atoms with van der Waals surface area (Å²) in [4.78, 5) is 22.2. The molecule has 1 aliphatic carbocycles. The lowest BCUT2D eigenvalue weighted by Crippen LogP contribution is -2.47. The number of alkyl carbamates (subject to hydrolysis) is 1. The van der Waals surface area contributed by atoms with Crippen LogP contribution >= 0.6 is 0 Å². The highest BCUT2D eigenvalue weighted by molar-refractivity contribution is 5.67. The molecule has 0 unspecified atom stereocenters. The molecule has 3 aromatic rings. The van der Waals surface area contributed by atoms with Gasteiger partial charge in [0.2, 0.25) is 0 Å². The predicted molar refractivity (Wildman–Crippen MR) is 158 cm³/mol. The molecule has 2 aliphatic heterocycles. The topological polar surface area (TPSA) is 69.7 Å². The van der Waals surface area contributed by atoms with Crippen LogP contribution in [0, 0.1) is 0 Å². The van der Waals surface area contributed by atoms with Crippen LogP contribution in [0.2, 0.25) is 0 Å². The summed E-state index contributed by atoms with van der Waals surface area (Å²) in [5, 5.41) is 6.89. The highest BCUT2D eigenvalue weighted by Crippen LogP contribution is 2.34. The second kappa shape index (κ2) is 12.4. The molecule has 1 aromatic heterocycles. The van der Waals surface area contributed by atoms with Gasteiger partial charge in [-0.15, -0.1) is 0 Å². The van der Waals surface area contributed by atoms with E-state index in [0.717, 1.165) is 57.4 Å². The van der Waals surface area contributed by atoms with Gasteiger partial charge in [0.15, 0.2) is 0 Å². The van der Waals surface area contributed by atoms with Gasteiger partial charge in [-0.05, 0) is 80.0 Å². The largest absolute Gasteiger partial charge is 0.445 e. The first-order chi connectivity index (χ1) is 19.6. The van der Waals surface area contributed by atoms with Crippen molar-refractivity contribution in [3.63, 3.8) is 0 Å². The number of benzene rings is 2. The number of piperidine rings is 1. The van der Waals surface area contributed by atoms with Crippen LogP contribution in [0.5, 0.6) is 0 Å². The summed E-state index contributed by atoms with van der Waals surface area (Å²) in [7, 11) is 2.26. The summed E-state index contributed by atoms with van der Waals surface area (Å²) >= 11 is 0. The lowest BCUT2D eigenvalue weighted by molar-refractivity contribution is 0.134. The van der Waals surface area contributed by atoms with Crippen molar-refractivity contribution in [1.82, 2.24) is 20.5 Å². The van der Waals surface area contributed by atoms with Crippen LogP contribution in [0.25, 0.3) is 0 Å². The Kier molecular flexibility index (Phi) is 8.30. The number of carbonyl (C=O) groups is 1. The number of pyridine rings is 1. The Morgan fingerprint density at radius 2 is 1.88 bits per heavy atom. The molecule has 0 saturated carbocycles. The Labute approximate surface area is 237 Å². The number of carbonyl (C=O) groups excluding carboxylic acids is 1. The average Bonchev–Trinajstić information content (AvgIpc) is 3.00. The van der Waals surface area contributed by atoms with Crippen molar-refractivity contribution in [1.29, 1.82) is 0 Å². The number of anilines is 1. The molecule has 0 radical (unpaired) electrons. The van der Waals surface area contributed by atoms with Crippen LogP contribution < -0.4 is 15.5 Å². The predicted octanol–water partition coefficient (Wildman–Crippen LogP) is 5.00. The van der Waals surface area contributed by atoms with E-state index in [1.54, 1.807) is 0 Å². The van der Waals surface area contributed by atoms with Crippen LogP contribution in [0.4, 0.5) is 10.5 Å². The van der Waals surface area contributed by atoms with E-state index in [0.29, 0.717) is 18.7 Å². The third kappa shape index (κ3) is 6.16. The van der Waals surface area contributed by atoms with Crippen molar-refractivity contribution in [2.45, 2.75) is 69.8 Å². The van der Waals surface area contributed by atoms with Crippen LogP contribution in [-0.2, 0) is 30.7 Å². The number of fused-ring (bicyclic) bond motifs is 2. The van der Waals surface area contributed by atoms with Gasteiger partial charge < -0.3 is 20.3 Å². The standard InChI is InChI=1S/C33H41N5O2/c1-37(31-14-5-10-25-12-7-17-34-32(25)31)22-28-20-29-26(21-35-28)11-6-13-30(29)38-18-15-27(16-19-38)36-33(39)40-23-24-8-3-2-4-9-24/h2-4,6-9,11-13,17,27-28,31,35H,5,10,14-16,18-23H2,1H3,(H,36,39)/t28-,31+/m1/s1. The minimum atomic E-state index is -0.326. The minimum Gasteiger partial charge on any atom is -0.445 e. The zero-order valence-corrected chi connectivity index (χ0v) is 23.5. The molecule has 2 atom stereocenters. The van der Waals surface area contributed by atoms with Crippen LogP contribution in [-0.4, -0.2) is 54.7 Å². The second-order valence-electron chi connectivity index (χ2n) is 11.6. The maximum atomic E-state index is 12.4. The summed E-state index contributed by atoms with van der Waals surface area (Å²) in [6.45, 7) is 4.08. The Morgan fingerprint density at radius 1 is 1.05 bits per heavy atom. The molecule has 1 amide bonds. The summed E-state index contributed by atoms with van der Waals surface area (Å²) in [5.41, 5.74) is 7.94. The molecule has 3 aliphatic rings. The number of aromatic nitrogens is 1. The summed E-state index contributed by atoms with van der Waals surface area (Å²) in [5.74, 6) is 0. The number of rotatable bonds is 7. The lowest BCUT2D eigenvalue weighted by atomic mass is 9.89. The third-order valence-corrected chi connectivity index (χ3v) is 8.86. The maximum Gasteiger partial charge on any atom is 0.407 e. The normalized spacial score (nSPS) is 21.0. The molecule has 7 heteroatoms. The minimum absolute atomic E-state index is 0.147. The van der Waals surface area contributed by atoms with Gasteiger partial charge in [-0.25, -0.2) is 4.79 Å². The first kappa shape index (κ1) is 26.8. The van der Waals surface area contributed by atoms with E-state index in [4.69, 9.17) is 9.72 Å². The summed E-state index contributed by atoms with van der Waals surface area (Å²) in [6, 6.07) is 21.8. The Bertz CT molecular complexity index is 1290. The monoisotopic (exact) mass is 539 g/mol. The highest BCUT2D eigenvalue weighted by atomic mass is 16.5. The highest BCUT2D eigenvalue weighted by Gasteiger charge is 2.30. The SMILES string of the molecule is CN(C[C@H]1Cc2c(cccc2N2CCC(NC(=O)OCc3ccccc3)CC2)CN1)[C@H]1CCCc2cccnc21. The second-order valence-corrected chi connectivity index (χ2v) is 11.6. The molecule has 210 valence electrons. The fraction of sp³-hybridized carbons (Fsp3) is 0.455. The molecule has 7 nitrogen and oxygen atoms in total. The zero-order valence-electron chi connectivity index (χ0n) is 23.5. The van der Waals surface area contributed by atoms with Crippen molar-refractivity contribution in [3.05, 3.63) is 94.8 Å². The average molecular weight is 540 g/mol. The molecular formula is C33H41N5O2. The van der Waals surface area contributed by atoms with Crippen molar-refractivity contribution in [2.24, 2.45) is 0 Å². The molecule has 1 saturated heterocycles. The third-order valence-electron chi connectivity index (χ3n) is 8.86. The molecule has 3 heterocycles. The number of likely N-dealkylation sites (N-methyl/N-ethyl adjacent to an activating group) is 1. The molecular weight excluding hydrogens is 498 g/mol. The van der Waals surface area contributed by atoms with Crippen LogP contribution in [0.3, 0.4) is 0 Å². The van der Waals surface area contributed by atoms with Crippen LogP contribution in [0.1, 0.15) is 59.7 Å². The van der Waals surface area contributed by atoms with E-state index in [1.165, 1.54) is 40.9 Å². The van der Waals surface area contributed by atoms with E-state index >= 15 is 0 Å². The van der Waals surface area contributed by atoms with Gasteiger partial charge in [0.05, 0.1) is 11.7 Å². The number of ether oxygens (including phenoxy) is 1. The fourth-order valence-electron chi connectivity index (χ4n) is 6.71. The van der Waals surface area contributed by atoms with Gasteiger partial charge in [0.25, 0.3) is 0 Å². The lowest BCUT2D eigenvalue weighted by Gasteiger charge is -2.39. The van der Waals surface area contributed by atoms with Gasteiger partial charge in [0, 0.05) is 50.1 Å². The summed E-state index contributed by atoms with van der Waals surface area (Å²) < 4.78 is 5.44. The molecule has 1 fully saturated rings. The number of nitrogens with zero attached hydrogens (tertiary/aromatic N) is 3. The maximum absolute atomic E-state index is 12.4. The summed E-state index contributed by atoms with van der Waals surface area (Å²) in [6.07, 6.45) is 8.04. The first-order valence-electron chi connectivity index (χ1n) is 14.8. The smallest absolute Gasteiger partial charge is 0.407 e. The zero-order chi connectivity index (χ0) is 27.3. The van der Waals surface area contributed by atoms with Crippen molar-refractivity contribution < 1.29 is 9.53 Å². The van der Waals surface area contributed by atoms with E-state index in [9.17, 15) is 4.79 Å². The van der Waals surface area contributed by atoms with E-state index in [1.807, 2.05) is 36.5 Å². The van der Waals surface area contributed by atoms with E-state index < -0.39 is 0 Å². The Morgan fingerprint density at radius 3 is 2.73 bits per heavy atom. The molecule has 2 N–H and O–H groups in total. The Balaban J connectivity index is 1.04. The van der Waals surface area contributed by atoms with Gasteiger partial charge in [-0.1, -0.05) is 48.5 Å². The van der Waals surface area contributed by atoms with Crippen molar-refractivity contribution >= 4 is 11.8 Å². The molecule has 0 bridgehead atoms. The van der Waals surface area contributed by atoms with Gasteiger partial charge >= 0.3 is 6.09 Å². The molecule has 2 aromatic carbocycles. The van der Waals surface area contributed by atoms with Crippen LogP contribution in [0.15, 0.2) is 66.9 Å². The van der Waals surface area contributed by atoms with Crippen molar-refractivity contribution in [2.75, 3.05) is 31.6 Å². The van der Waals surface area contributed by atoms with Gasteiger partial charge in [-0.3, -0.25) is 9.88 Å². The number of amides is 1. The van der Waals surface area contributed by atoms with Crippen molar-refractivity contribution in [3.8, 4) is 0 Å². The Hall–Kier alpha value is -3.42. The van der Waals surface area contributed by atoms with E-state index in [-0.39, 0.29) is 12.1 Å². The number of aryl methyl sites for hydroxylation is 1. The number of hydrogen-bond donors (Lipinski definition) is 2. The molecule has 40 heavy (non-hydrogen) atoms. The number of nitrogens with one attached hydrogen (secondary N) is 2. The van der Waals surface area contributed by atoms with Gasteiger partial charge in [-0.2, -0.15) is 0 Å². The first-order valence-corrected chi connectivity index (χ1v) is 14.8.